The van der Waals surface area contributed by atoms with Gasteiger partial charge in [-0.25, -0.2) is 8.42 Å². The molecule has 0 unspecified atom stereocenters. The Kier molecular flexibility index (Phi) is 6.22. The van der Waals surface area contributed by atoms with E-state index in [-0.39, 0.29) is 30.1 Å². The summed E-state index contributed by atoms with van der Waals surface area (Å²) in [6, 6.07) is 14.9. The molecule has 0 aliphatic carbocycles. The maximum atomic E-state index is 12.9. The Labute approximate surface area is 168 Å². The Hall–Kier alpha value is -1.86. The lowest BCUT2D eigenvalue weighted by Gasteiger charge is -2.28. The molecule has 1 amide bonds. The van der Waals surface area contributed by atoms with E-state index in [0.29, 0.717) is 18.7 Å². The van der Waals surface area contributed by atoms with Crippen molar-refractivity contribution in [3.63, 3.8) is 0 Å². The summed E-state index contributed by atoms with van der Waals surface area (Å²) in [6.07, 6.45) is 0.465. The molecule has 0 N–H and O–H groups in total. The third-order valence-corrected chi connectivity index (χ3v) is 6.81. The van der Waals surface area contributed by atoms with E-state index in [4.69, 9.17) is 4.74 Å². The molecule has 5 nitrogen and oxygen atoms in total. The fourth-order valence-corrected chi connectivity index (χ4v) is 5.38. The zero-order valence-corrected chi connectivity index (χ0v) is 17.5. The Bertz CT molecular complexity index is 929. The van der Waals surface area contributed by atoms with Gasteiger partial charge < -0.3 is 9.64 Å². The first-order valence-corrected chi connectivity index (χ1v) is 11.4. The molecule has 144 valence electrons. The summed E-state index contributed by atoms with van der Waals surface area (Å²) >= 11 is 3.43. The number of benzene rings is 2. The molecule has 27 heavy (non-hydrogen) atoms. The topological polar surface area (TPSA) is 63.7 Å². The SMILES string of the molecule is Cc1cccc(OCC(=O)N(Cc2cccc(Br)c2)[C@@H]2CCS(=O)(=O)C2)c1. The summed E-state index contributed by atoms with van der Waals surface area (Å²) in [7, 11) is -3.09. The van der Waals surface area contributed by atoms with E-state index < -0.39 is 9.84 Å². The highest BCUT2D eigenvalue weighted by atomic mass is 79.9. The smallest absolute Gasteiger partial charge is 0.261 e. The monoisotopic (exact) mass is 451 g/mol. The van der Waals surface area contributed by atoms with Crippen molar-refractivity contribution in [1.82, 2.24) is 4.90 Å². The number of hydrogen-bond acceptors (Lipinski definition) is 4. The van der Waals surface area contributed by atoms with E-state index >= 15 is 0 Å². The number of nitrogens with zero attached hydrogens (tertiary/aromatic N) is 1. The van der Waals surface area contributed by atoms with E-state index in [0.717, 1.165) is 15.6 Å². The molecule has 1 aliphatic rings. The fraction of sp³-hybridized carbons (Fsp3) is 0.350. The van der Waals surface area contributed by atoms with E-state index in [2.05, 4.69) is 15.9 Å². The van der Waals surface area contributed by atoms with Crippen molar-refractivity contribution in [3.8, 4) is 5.75 Å². The van der Waals surface area contributed by atoms with Gasteiger partial charge in [0.1, 0.15) is 5.75 Å². The second-order valence-corrected chi connectivity index (χ2v) is 9.96. The lowest BCUT2D eigenvalue weighted by molar-refractivity contribution is -0.136. The number of amides is 1. The quantitative estimate of drug-likeness (QED) is 0.675. The van der Waals surface area contributed by atoms with Gasteiger partial charge in [-0.15, -0.1) is 0 Å². The van der Waals surface area contributed by atoms with Crippen molar-refractivity contribution in [3.05, 3.63) is 64.1 Å². The normalized spacial score (nSPS) is 18.2. The highest BCUT2D eigenvalue weighted by Gasteiger charge is 2.34. The fourth-order valence-electron chi connectivity index (χ4n) is 3.21. The third-order valence-electron chi connectivity index (χ3n) is 4.56. The average molecular weight is 452 g/mol. The van der Waals surface area contributed by atoms with Gasteiger partial charge in [-0.05, 0) is 48.7 Å². The maximum Gasteiger partial charge on any atom is 0.261 e. The van der Waals surface area contributed by atoms with Gasteiger partial charge in [0.2, 0.25) is 0 Å². The van der Waals surface area contributed by atoms with E-state index in [1.807, 2.05) is 49.4 Å². The first-order chi connectivity index (χ1) is 12.8. The molecular formula is C20H22BrNO4S. The van der Waals surface area contributed by atoms with Gasteiger partial charge in [0.25, 0.3) is 5.91 Å². The van der Waals surface area contributed by atoms with E-state index in [1.165, 1.54) is 0 Å². The lowest BCUT2D eigenvalue weighted by atomic mass is 10.1. The second-order valence-electron chi connectivity index (χ2n) is 6.81. The Morgan fingerprint density at radius 3 is 2.67 bits per heavy atom. The van der Waals surface area contributed by atoms with Crippen LogP contribution in [-0.4, -0.2) is 43.4 Å². The average Bonchev–Trinajstić information content (AvgIpc) is 2.97. The van der Waals surface area contributed by atoms with Crippen LogP contribution >= 0.6 is 15.9 Å². The van der Waals surface area contributed by atoms with Crippen LogP contribution in [0.2, 0.25) is 0 Å². The number of carbonyl (C=O) groups excluding carboxylic acids is 1. The zero-order chi connectivity index (χ0) is 19.4. The molecule has 0 radical (unpaired) electrons. The predicted octanol–water partition coefficient (Wildman–Crippen LogP) is 3.35. The molecular weight excluding hydrogens is 430 g/mol. The molecule has 0 aromatic heterocycles. The van der Waals surface area contributed by atoms with Gasteiger partial charge in [0.05, 0.1) is 11.5 Å². The number of rotatable bonds is 6. The summed E-state index contributed by atoms with van der Waals surface area (Å²) in [4.78, 5) is 14.5. The molecule has 2 aromatic carbocycles. The Morgan fingerprint density at radius 1 is 1.22 bits per heavy atom. The lowest BCUT2D eigenvalue weighted by Crippen LogP contribution is -2.43. The van der Waals surface area contributed by atoms with Gasteiger partial charge in [0, 0.05) is 17.1 Å². The molecule has 1 atom stereocenters. The standard InChI is InChI=1S/C20H22BrNO4S/c1-15-4-2-7-19(10-15)26-13-20(23)22(18-8-9-27(24,25)14-18)12-16-5-3-6-17(21)11-16/h2-7,10-11,18H,8-9,12-14H2,1H3/t18-/m1/s1. The molecule has 3 rings (SSSR count). The van der Waals surface area contributed by atoms with Crippen LogP contribution in [-0.2, 0) is 21.2 Å². The molecule has 0 bridgehead atoms. The number of hydrogen-bond donors (Lipinski definition) is 0. The molecule has 1 saturated heterocycles. The van der Waals surface area contributed by atoms with Gasteiger partial charge in [-0.3, -0.25) is 4.79 Å². The summed E-state index contributed by atoms with van der Waals surface area (Å²) in [5.74, 6) is 0.555. The molecule has 0 spiro atoms. The molecule has 1 fully saturated rings. The van der Waals surface area contributed by atoms with Crippen LogP contribution in [0.3, 0.4) is 0 Å². The van der Waals surface area contributed by atoms with Crippen LogP contribution in [0.5, 0.6) is 5.75 Å². The van der Waals surface area contributed by atoms with Crippen molar-refractivity contribution >= 4 is 31.7 Å². The minimum atomic E-state index is -3.09. The van der Waals surface area contributed by atoms with Gasteiger partial charge in [-0.1, -0.05) is 40.2 Å². The van der Waals surface area contributed by atoms with E-state index in [1.54, 1.807) is 11.0 Å². The van der Waals surface area contributed by atoms with Crippen molar-refractivity contribution < 1.29 is 17.9 Å². The van der Waals surface area contributed by atoms with Gasteiger partial charge >= 0.3 is 0 Å². The van der Waals surface area contributed by atoms with Gasteiger partial charge in [0.15, 0.2) is 16.4 Å². The van der Waals surface area contributed by atoms with Crippen molar-refractivity contribution in [2.45, 2.75) is 25.9 Å². The van der Waals surface area contributed by atoms with Crippen molar-refractivity contribution in [2.75, 3.05) is 18.1 Å². The van der Waals surface area contributed by atoms with E-state index in [9.17, 15) is 13.2 Å². The number of halogens is 1. The van der Waals surface area contributed by atoms with Crippen LogP contribution in [0.25, 0.3) is 0 Å². The van der Waals surface area contributed by atoms with Crippen molar-refractivity contribution in [1.29, 1.82) is 0 Å². The number of aryl methyl sites for hydroxylation is 1. The largest absolute Gasteiger partial charge is 0.484 e. The molecule has 1 heterocycles. The number of ether oxygens (including phenoxy) is 1. The van der Waals surface area contributed by atoms with Crippen LogP contribution < -0.4 is 4.74 Å². The van der Waals surface area contributed by atoms with Crippen LogP contribution in [0.1, 0.15) is 17.5 Å². The summed E-state index contributed by atoms with van der Waals surface area (Å²) < 4.78 is 30.4. The summed E-state index contributed by atoms with van der Waals surface area (Å²) in [5.41, 5.74) is 1.99. The molecule has 1 aliphatic heterocycles. The zero-order valence-electron chi connectivity index (χ0n) is 15.1. The maximum absolute atomic E-state index is 12.9. The van der Waals surface area contributed by atoms with Crippen LogP contribution in [0.4, 0.5) is 0 Å². The predicted molar refractivity (Wildman–Crippen MR) is 108 cm³/mol. The first-order valence-electron chi connectivity index (χ1n) is 8.76. The first kappa shape index (κ1) is 19.9. The number of carbonyl (C=O) groups is 1. The minimum absolute atomic E-state index is 0.0111. The highest BCUT2D eigenvalue weighted by molar-refractivity contribution is 9.10. The highest BCUT2D eigenvalue weighted by Crippen LogP contribution is 2.22. The number of sulfone groups is 1. The molecule has 7 heteroatoms. The van der Waals surface area contributed by atoms with Crippen molar-refractivity contribution in [2.24, 2.45) is 0 Å². The summed E-state index contributed by atoms with van der Waals surface area (Å²) in [5, 5.41) is 0. The van der Waals surface area contributed by atoms with Crippen LogP contribution in [0, 0.1) is 6.92 Å². The third kappa shape index (κ3) is 5.56. The summed E-state index contributed by atoms with van der Waals surface area (Å²) in [6.45, 7) is 2.20. The molecule has 0 saturated carbocycles. The minimum Gasteiger partial charge on any atom is -0.484 e. The second kappa shape index (κ2) is 8.44. The Balaban J connectivity index is 1.75. The van der Waals surface area contributed by atoms with Crippen LogP contribution in [0.15, 0.2) is 53.0 Å². The molecule has 2 aromatic rings. The Morgan fingerprint density at radius 2 is 2.00 bits per heavy atom. The van der Waals surface area contributed by atoms with Gasteiger partial charge in [-0.2, -0.15) is 0 Å².